The summed E-state index contributed by atoms with van der Waals surface area (Å²) in [5, 5.41) is 0. The monoisotopic (exact) mass is 244 g/mol. The summed E-state index contributed by atoms with van der Waals surface area (Å²) in [5.41, 5.74) is 1.12. The number of rotatable bonds is 3. The minimum atomic E-state index is -0.124. The van der Waals surface area contributed by atoms with Gasteiger partial charge in [-0.05, 0) is 30.9 Å². The molecule has 2 heteroatoms. The predicted molar refractivity (Wildman–Crippen MR) is 70.8 cm³/mol. The lowest BCUT2D eigenvalue weighted by atomic mass is 9.63. The molecule has 2 aliphatic rings. The minimum Gasteiger partial charge on any atom is -0.489 e. The van der Waals surface area contributed by atoms with Crippen LogP contribution in [0.3, 0.4) is 0 Å². The highest BCUT2D eigenvalue weighted by Crippen LogP contribution is 2.52. The Kier molecular flexibility index (Phi) is 2.89. The van der Waals surface area contributed by atoms with Crippen LogP contribution in [0.15, 0.2) is 24.3 Å². The van der Waals surface area contributed by atoms with Crippen LogP contribution in [0.25, 0.3) is 0 Å². The van der Waals surface area contributed by atoms with Crippen LogP contribution in [0.1, 0.15) is 44.6 Å². The highest BCUT2D eigenvalue weighted by Gasteiger charge is 2.57. The summed E-state index contributed by atoms with van der Waals surface area (Å²) >= 11 is 0. The van der Waals surface area contributed by atoms with E-state index in [9.17, 15) is 4.79 Å². The van der Waals surface area contributed by atoms with Crippen LogP contribution in [0.5, 0.6) is 5.75 Å². The molecule has 96 valence electrons. The summed E-state index contributed by atoms with van der Waals surface area (Å²) in [6.07, 6.45) is 6.14. The molecule has 0 heterocycles. The van der Waals surface area contributed by atoms with Crippen LogP contribution in [-0.4, -0.2) is 11.9 Å². The first kappa shape index (κ1) is 11.8. The molecule has 1 spiro atoms. The molecule has 0 bridgehead atoms. The number of para-hydroxylation sites is 1. The maximum Gasteiger partial charge on any atom is 0.146 e. The number of carbonyl (C=O) groups is 1. The Bertz CT molecular complexity index is 458. The molecule has 0 aliphatic heterocycles. The third-order valence-electron chi connectivity index (χ3n) is 4.66. The van der Waals surface area contributed by atoms with Crippen molar-refractivity contribution < 1.29 is 9.53 Å². The third-order valence-corrected chi connectivity index (χ3v) is 4.66. The molecule has 0 amide bonds. The van der Waals surface area contributed by atoms with Gasteiger partial charge in [-0.1, -0.05) is 38.0 Å². The van der Waals surface area contributed by atoms with Gasteiger partial charge in [-0.25, -0.2) is 0 Å². The Labute approximate surface area is 108 Å². The van der Waals surface area contributed by atoms with E-state index in [1.807, 2.05) is 18.2 Å². The summed E-state index contributed by atoms with van der Waals surface area (Å²) in [6.45, 7) is 2.14. The Morgan fingerprint density at radius 3 is 2.67 bits per heavy atom. The van der Waals surface area contributed by atoms with Crippen molar-refractivity contribution in [3.05, 3.63) is 29.8 Å². The highest BCUT2D eigenvalue weighted by atomic mass is 16.5. The van der Waals surface area contributed by atoms with Gasteiger partial charge in [0.2, 0.25) is 0 Å². The fourth-order valence-electron chi connectivity index (χ4n) is 3.44. The standard InChI is InChI=1S/C16H20O2/c1-2-12-7-3-4-8-13(12)18-15-11-14(17)16(15)9-5-6-10-16/h3-4,7-8,15H,2,5-6,9-11H2,1H3. The quantitative estimate of drug-likeness (QED) is 0.813. The summed E-state index contributed by atoms with van der Waals surface area (Å²) in [5.74, 6) is 1.41. The molecule has 18 heavy (non-hydrogen) atoms. The number of carbonyl (C=O) groups excluding carboxylic acids is 1. The zero-order valence-corrected chi connectivity index (χ0v) is 10.9. The van der Waals surface area contributed by atoms with E-state index in [1.54, 1.807) is 0 Å². The van der Waals surface area contributed by atoms with E-state index in [4.69, 9.17) is 4.74 Å². The van der Waals surface area contributed by atoms with Crippen LogP contribution < -0.4 is 4.74 Å². The van der Waals surface area contributed by atoms with Gasteiger partial charge >= 0.3 is 0 Å². The van der Waals surface area contributed by atoms with Crippen LogP contribution in [-0.2, 0) is 11.2 Å². The second-order valence-corrected chi connectivity index (χ2v) is 5.56. The minimum absolute atomic E-state index is 0.124. The molecule has 0 aromatic heterocycles. The van der Waals surface area contributed by atoms with E-state index >= 15 is 0 Å². The van der Waals surface area contributed by atoms with Gasteiger partial charge in [-0.2, -0.15) is 0 Å². The van der Waals surface area contributed by atoms with Gasteiger partial charge in [0.25, 0.3) is 0 Å². The van der Waals surface area contributed by atoms with Crippen molar-refractivity contribution in [2.75, 3.05) is 0 Å². The van der Waals surface area contributed by atoms with Crippen molar-refractivity contribution in [2.45, 2.75) is 51.6 Å². The zero-order valence-electron chi connectivity index (χ0n) is 10.9. The average molecular weight is 244 g/mol. The molecular weight excluding hydrogens is 224 g/mol. The SMILES string of the molecule is CCc1ccccc1OC1CC(=O)C12CCCC2. The summed E-state index contributed by atoms with van der Waals surface area (Å²) in [7, 11) is 0. The second kappa shape index (κ2) is 4.42. The number of aryl methyl sites for hydroxylation is 1. The highest BCUT2D eigenvalue weighted by molar-refractivity contribution is 5.92. The number of benzene rings is 1. The smallest absolute Gasteiger partial charge is 0.146 e. The van der Waals surface area contributed by atoms with E-state index in [-0.39, 0.29) is 11.5 Å². The van der Waals surface area contributed by atoms with Crippen LogP contribution in [0.4, 0.5) is 0 Å². The van der Waals surface area contributed by atoms with Gasteiger partial charge in [-0.15, -0.1) is 0 Å². The fourth-order valence-corrected chi connectivity index (χ4v) is 3.44. The molecule has 0 N–H and O–H groups in total. The Morgan fingerprint density at radius 2 is 2.00 bits per heavy atom. The zero-order chi connectivity index (χ0) is 12.6. The first-order valence-corrected chi connectivity index (χ1v) is 7.04. The van der Waals surface area contributed by atoms with Crippen LogP contribution in [0, 0.1) is 5.41 Å². The average Bonchev–Trinajstić information content (AvgIpc) is 2.91. The maximum atomic E-state index is 11.9. The van der Waals surface area contributed by atoms with Crippen molar-refractivity contribution >= 4 is 5.78 Å². The lowest BCUT2D eigenvalue weighted by Crippen LogP contribution is -2.55. The van der Waals surface area contributed by atoms with Crippen LogP contribution in [0.2, 0.25) is 0 Å². The van der Waals surface area contributed by atoms with Gasteiger partial charge in [0, 0.05) is 6.42 Å². The van der Waals surface area contributed by atoms with Gasteiger partial charge in [0.15, 0.2) is 0 Å². The van der Waals surface area contributed by atoms with E-state index in [1.165, 1.54) is 18.4 Å². The number of hydrogen-bond acceptors (Lipinski definition) is 2. The molecular formula is C16H20O2. The molecule has 2 aliphatic carbocycles. The normalized spacial score (nSPS) is 25.2. The molecule has 0 radical (unpaired) electrons. The molecule has 1 atom stereocenters. The molecule has 2 nitrogen and oxygen atoms in total. The lowest BCUT2D eigenvalue weighted by molar-refractivity contribution is -0.151. The topological polar surface area (TPSA) is 26.3 Å². The van der Waals surface area contributed by atoms with Crippen molar-refractivity contribution in [3.63, 3.8) is 0 Å². The number of ether oxygens (including phenoxy) is 1. The van der Waals surface area contributed by atoms with Gasteiger partial charge in [0.05, 0.1) is 5.41 Å². The maximum absolute atomic E-state index is 11.9. The largest absolute Gasteiger partial charge is 0.489 e. The summed E-state index contributed by atoms with van der Waals surface area (Å²) in [6, 6.07) is 8.20. The molecule has 3 rings (SSSR count). The van der Waals surface area contributed by atoms with Crippen molar-refractivity contribution in [1.29, 1.82) is 0 Å². The third kappa shape index (κ3) is 1.66. The van der Waals surface area contributed by atoms with E-state index < -0.39 is 0 Å². The first-order valence-electron chi connectivity index (χ1n) is 7.04. The van der Waals surface area contributed by atoms with Crippen molar-refractivity contribution in [3.8, 4) is 5.75 Å². The number of Topliss-reactive ketones (excluding diaryl/α,β-unsaturated/α-hetero) is 1. The van der Waals surface area contributed by atoms with Crippen molar-refractivity contribution in [2.24, 2.45) is 5.41 Å². The first-order chi connectivity index (χ1) is 8.76. The van der Waals surface area contributed by atoms with Gasteiger partial charge in [0.1, 0.15) is 17.6 Å². The lowest BCUT2D eigenvalue weighted by Gasteiger charge is -2.45. The number of ketones is 1. The van der Waals surface area contributed by atoms with Crippen LogP contribution >= 0.6 is 0 Å². The molecule has 2 saturated carbocycles. The molecule has 0 saturated heterocycles. The van der Waals surface area contributed by atoms with Crippen molar-refractivity contribution in [1.82, 2.24) is 0 Å². The summed E-state index contributed by atoms with van der Waals surface area (Å²) < 4.78 is 6.16. The second-order valence-electron chi connectivity index (χ2n) is 5.56. The Hall–Kier alpha value is -1.31. The molecule has 2 fully saturated rings. The molecule has 1 aromatic rings. The Balaban J connectivity index is 1.79. The Morgan fingerprint density at radius 1 is 1.28 bits per heavy atom. The number of hydrogen-bond donors (Lipinski definition) is 0. The van der Waals surface area contributed by atoms with Gasteiger partial charge < -0.3 is 4.74 Å². The summed E-state index contributed by atoms with van der Waals surface area (Å²) in [4.78, 5) is 11.9. The molecule has 1 aromatic carbocycles. The van der Waals surface area contributed by atoms with E-state index in [0.29, 0.717) is 12.2 Å². The molecule has 1 unspecified atom stereocenters. The fraction of sp³-hybridized carbons (Fsp3) is 0.562. The predicted octanol–water partition coefficient (Wildman–Crippen LogP) is 3.53. The van der Waals surface area contributed by atoms with E-state index in [0.717, 1.165) is 25.0 Å². The van der Waals surface area contributed by atoms with Gasteiger partial charge in [-0.3, -0.25) is 4.79 Å². The van der Waals surface area contributed by atoms with E-state index in [2.05, 4.69) is 13.0 Å².